The van der Waals surface area contributed by atoms with Gasteiger partial charge in [0.2, 0.25) is 0 Å². The molecule has 5 nitrogen and oxygen atoms in total. The third kappa shape index (κ3) is 7.12. The highest BCUT2D eigenvalue weighted by atomic mass is 32.2. The molecule has 0 bridgehead atoms. The van der Waals surface area contributed by atoms with Crippen molar-refractivity contribution in [2.75, 3.05) is 11.4 Å². The molecule has 0 unspecified atom stereocenters. The first-order valence-corrected chi connectivity index (χ1v) is 13.0. The number of benzene rings is 3. The zero-order valence-electron chi connectivity index (χ0n) is 19.9. The van der Waals surface area contributed by atoms with Crippen molar-refractivity contribution in [3.05, 3.63) is 89.5 Å². The Balaban J connectivity index is 1.40. The van der Waals surface area contributed by atoms with Crippen molar-refractivity contribution >= 4 is 29.4 Å². The van der Waals surface area contributed by atoms with Crippen LogP contribution in [-0.4, -0.2) is 23.7 Å². The summed E-state index contributed by atoms with van der Waals surface area (Å²) in [5.74, 6) is -0.186. The summed E-state index contributed by atoms with van der Waals surface area (Å²) in [6, 6.07) is 23.6. The summed E-state index contributed by atoms with van der Waals surface area (Å²) in [6.07, 6.45) is 7.26. The van der Waals surface area contributed by atoms with Gasteiger partial charge in [0.05, 0.1) is 6.42 Å². The van der Waals surface area contributed by atoms with E-state index in [1.54, 1.807) is 16.7 Å². The SMILES string of the molecule is NC(=O)N(CCc1cccc(C2CCCCC2)c1)c1ccc(Sc2cccc(CC(=O)O)c2)cc1. The fourth-order valence-electron chi connectivity index (χ4n) is 4.77. The van der Waals surface area contributed by atoms with Crippen LogP contribution in [0.15, 0.2) is 82.6 Å². The van der Waals surface area contributed by atoms with Gasteiger partial charge in [0.1, 0.15) is 0 Å². The Bertz CT molecular complexity index is 1160. The molecule has 182 valence electrons. The van der Waals surface area contributed by atoms with Gasteiger partial charge >= 0.3 is 12.0 Å². The summed E-state index contributed by atoms with van der Waals surface area (Å²) < 4.78 is 0. The molecule has 0 aliphatic heterocycles. The van der Waals surface area contributed by atoms with Gasteiger partial charge in [-0.1, -0.05) is 67.4 Å². The minimum atomic E-state index is -0.844. The highest BCUT2D eigenvalue weighted by Crippen LogP contribution is 2.33. The molecule has 35 heavy (non-hydrogen) atoms. The quantitative estimate of drug-likeness (QED) is 0.354. The van der Waals surface area contributed by atoms with Crippen LogP contribution in [0.2, 0.25) is 0 Å². The molecule has 3 N–H and O–H groups in total. The summed E-state index contributed by atoms with van der Waals surface area (Å²) in [4.78, 5) is 26.8. The molecule has 3 aromatic rings. The number of aliphatic carboxylic acids is 1. The van der Waals surface area contributed by atoms with Crippen LogP contribution in [0.3, 0.4) is 0 Å². The highest BCUT2D eigenvalue weighted by Gasteiger charge is 2.17. The predicted octanol–water partition coefficient (Wildman–Crippen LogP) is 6.64. The third-order valence-corrected chi connectivity index (χ3v) is 7.55. The molecule has 0 atom stereocenters. The van der Waals surface area contributed by atoms with Gasteiger partial charge in [-0.05, 0) is 78.3 Å². The molecule has 0 aromatic heterocycles. The second-order valence-corrected chi connectivity index (χ2v) is 10.3. The molecule has 1 aliphatic rings. The van der Waals surface area contributed by atoms with E-state index in [1.807, 2.05) is 48.5 Å². The van der Waals surface area contributed by atoms with Crippen LogP contribution in [-0.2, 0) is 17.6 Å². The van der Waals surface area contributed by atoms with Crippen molar-refractivity contribution in [3.63, 3.8) is 0 Å². The Kier molecular flexibility index (Phi) is 8.48. The van der Waals surface area contributed by atoms with E-state index in [0.29, 0.717) is 12.5 Å². The van der Waals surface area contributed by atoms with E-state index in [-0.39, 0.29) is 6.42 Å². The fourth-order valence-corrected chi connectivity index (χ4v) is 5.67. The van der Waals surface area contributed by atoms with E-state index in [4.69, 9.17) is 10.8 Å². The van der Waals surface area contributed by atoms with E-state index in [1.165, 1.54) is 43.2 Å². The van der Waals surface area contributed by atoms with Gasteiger partial charge in [-0.15, -0.1) is 0 Å². The zero-order chi connectivity index (χ0) is 24.6. The number of carbonyl (C=O) groups excluding carboxylic acids is 1. The average Bonchev–Trinajstić information content (AvgIpc) is 2.85. The van der Waals surface area contributed by atoms with Crippen molar-refractivity contribution in [1.82, 2.24) is 0 Å². The number of urea groups is 1. The van der Waals surface area contributed by atoms with Crippen LogP contribution < -0.4 is 10.6 Å². The van der Waals surface area contributed by atoms with Crippen LogP contribution in [0.4, 0.5) is 10.5 Å². The average molecular weight is 489 g/mol. The molecule has 0 spiro atoms. The molecule has 0 radical (unpaired) electrons. The molecule has 2 amide bonds. The Morgan fingerprint density at radius 3 is 2.31 bits per heavy atom. The largest absolute Gasteiger partial charge is 0.481 e. The molecule has 3 aromatic carbocycles. The lowest BCUT2D eigenvalue weighted by Gasteiger charge is -2.23. The fraction of sp³-hybridized carbons (Fsp3) is 0.310. The Morgan fingerprint density at radius 2 is 1.60 bits per heavy atom. The van der Waals surface area contributed by atoms with Gasteiger partial charge < -0.3 is 10.8 Å². The van der Waals surface area contributed by atoms with Crippen molar-refractivity contribution in [3.8, 4) is 0 Å². The first kappa shape index (κ1) is 24.9. The van der Waals surface area contributed by atoms with E-state index < -0.39 is 12.0 Å². The number of hydrogen-bond acceptors (Lipinski definition) is 3. The summed E-state index contributed by atoms with van der Waals surface area (Å²) in [7, 11) is 0. The number of carboxylic acids is 1. The smallest absolute Gasteiger partial charge is 0.319 e. The van der Waals surface area contributed by atoms with Gasteiger partial charge in [-0.2, -0.15) is 0 Å². The number of primary amides is 1. The van der Waals surface area contributed by atoms with E-state index in [0.717, 1.165) is 27.5 Å². The topological polar surface area (TPSA) is 83.6 Å². The number of nitrogens with two attached hydrogens (primary N) is 1. The minimum absolute atomic E-state index is 0.00444. The number of nitrogens with zero attached hydrogens (tertiary/aromatic N) is 1. The van der Waals surface area contributed by atoms with Crippen LogP contribution in [0, 0.1) is 0 Å². The summed E-state index contributed by atoms with van der Waals surface area (Å²) in [5, 5.41) is 9.02. The summed E-state index contributed by atoms with van der Waals surface area (Å²) in [6.45, 7) is 0.521. The number of carbonyl (C=O) groups is 2. The second kappa shape index (κ2) is 11.9. The lowest BCUT2D eigenvalue weighted by atomic mass is 9.83. The van der Waals surface area contributed by atoms with Gasteiger partial charge in [-0.25, -0.2) is 4.79 Å². The first-order valence-electron chi connectivity index (χ1n) is 12.2. The molecule has 6 heteroatoms. The second-order valence-electron chi connectivity index (χ2n) is 9.13. The van der Waals surface area contributed by atoms with Gasteiger partial charge in [0, 0.05) is 22.0 Å². The van der Waals surface area contributed by atoms with E-state index in [2.05, 4.69) is 24.3 Å². The normalized spacial score (nSPS) is 13.9. The molecule has 1 fully saturated rings. The molecule has 4 rings (SSSR count). The van der Waals surface area contributed by atoms with Crippen molar-refractivity contribution < 1.29 is 14.7 Å². The maximum absolute atomic E-state index is 12.2. The summed E-state index contributed by atoms with van der Waals surface area (Å²) in [5.41, 5.74) is 9.92. The minimum Gasteiger partial charge on any atom is -0.481 e. The predicted molar refractivity (Wildman–Crippen MR) is 141 cm³/mol. The van der Waals surface area contributed by atoms with Crippen LogP contribution in [0.5, 0.6) is 0 Å². The van der Waals surface area contributed by atoms with Gasteiger partial charge in [0.15, 0.2) is 0 Å². The van der Waals surface area contributed by atoms with Crippen molar-refractivity contribution in [2.24, 2.45) is 5.73 Å². The number of carboxylic acid groups (broad SMARTS) is 1. The monoisotopic (exact) mass is 488 g/mol. The molecule has 0 heterocycles. The third-order valence-electron chi connectivity index (χ3n) is 6.56. The van der Waals surface area contributed by atoms with E-state index >= 15 is 0 Å². The Morgan fingerprint density at radius 1 is 0.886 bits per heavy atom. The standard InChI is InChI=1S/C29H32N2O3S/c30-29(34)31(17-16-21-6-4-10-24(18-21)23-8-2-1-3-9-23)25-12-14-26(15-13-25)35-27-11-5-7-22(19-27)20-28(32)33/h4-7,10-15,18-19,23H,1-3,8-9,16-17,20H2,(H2,30,34)(H,32,33). The van der Waals surface area contributed by atoms with Crippen LogP contribution in [0.25, 0.3) is 0 Å². The number of hydrogen-bond donors (Lipinski definition) is 2. The highest BCUT2D eigenvalue weighted by molar-refractivity contribution is 7.99. The van der Waals surface area contributed by atoms with Crippen molar-refractivity contribution in [1.29, 1.82) is 0 Å². The summed E-state index contributed by atoms with van der Waals surface area (Å²) >= 11 is 1.56. The molecule has 1 saturated carbocycles. The lowest BCUT2D eigenvalue weighted by molar-refractivity contribution is -0.136. The zero-order valence-corrected chi connectivity index (χ0v) is 20.7. The molecular formula is C29H32N2O3S. The Labute approximate surface area is 211 Å². The van der Waals surface area contributed by atoms with Crippen LogP contribution in [0.1, 0.15) is 54.7 Å². The van der Waals surface area contributed by atoms with E-state index in [9.17, 15) is 9.59 Å². The Hall–Kier alpha value is -3.25. The molecule has 0 saturated heterocycles. The molecular weight excluding hydrogens is 456 g/mol. The maximum Gasteiger partial charge on any atom is 0.319 e. The lowest BCUT2D eigenvalue weighted by Crippen LogP contribution is -2.37. The van der Waals surface area contributed by atoms with Gasteiger partial charge in [-0.3, -0.25) is 9.69 Å². The molecule has 1 aliphatic carbocycles. The maximum atomic E-state index is 12.2. The van der Waals surface area contributed by atoms with Crippen molar-refractivity contribution in [2.45, 2.75) is 60.7 Å². The van der Waals surface area contributed by atoms with Crippen LogP contribution >= 0.6 is 11.8 Å². The number of rotatable bonds is 9. The first-order chi connectivity index (χ1) is 17.0. The van der Waals surface area contributed by atoms with Gasteiger partial charge in [0.25, 0.3) is 0 Å². The number of anilines is 1. The number of amides is 2.